The molecule has 0 unspecified atom stereocenters. The summed E-state index contributed by atoms with van der Waals surface area (Å²) in [4.78, 5) is 9.91. The van der Waals surface area contributed by atoms with Crippen molar-refractivity contribution in [2.75, 3.05) is 6.54 Å². The molecule has 0 bridgehead atoms. The molecule has 0 radical (unpaired) electrons. The highest BCUT2D eigenvalue weighted by Gasteiger charge is 2.07. The summed E-state index contributed by atoms with van der Waals surface area (Å²) in [5, 5.41) is 8.13. The lowest BCUT2D eigenvalue weighted by atomic mass is 11.2. The quantitative estimate of drug-likeness (QED) is 0.534. The highest BCUT2D eigenvalue weighted by atomic mass is 35.5. The molecule has 0 aromatic rings. The molecule has 0 amide bonds. The Balaban J connectivity index is -0.000000245. The van der Waals surface area contributed by atoms with E-state index in [1.165, 1.54) is 0 Å². The van der Waals surface area contributed by atoms with Gasteiger partial charge in [-0.25, -0.2) is 0 Å². The number of nitrogens with two attached hydrogens (primary N) is 2. The van der Waals surface area contributed by atoms with Crippen molar-refractivity contribution in [1.29, 1.82) is 0 Å². The number of carboxylic acids is 1. The summed E-state index contributed by atoms with van der Waals surface area (Å²) < 4.78 is 0. The molecule has 0 saturated carbocycles. The van der Waals surface area contributed by atoms with Crippen LogP contribution < -0.4 is 11.5 Å². The number of carbonyl (C=O) groups is 1. The Bertz CT molecular complexity index is 91.3. The largest absolute Gasteiger partial charge is 0.480 e. The van der Waals surface area contributed by atoms with Gasteiger partial charge < -0.3 is 16.6 Å². The molecule has 5 N–H and O–H groups in total. The minimum Gasteiger partial charge on any atom is -0.480 e. The Morgan fingerprint density at radius 2 is 1.90 bits per heavy atom. The number of rotatable bonds is 3. The Hall–Kier alpha value is -0.0300. The molecule has 4 nitrogen and oxygen atoms in total. The number of hydrogen-bond donors (Lipinski definition) is 3. The summed E-state index contributed by atoms with van der Waals surface area (Å²) >= 11 is 0. The van der Waals surface area contributed by atoms with Crippen molar-refractivity contribution < 1.29 is 9.90 Å². The van der Waals surface area contributed by atoms with Gasteiger partial charge in [0.05, 0.1) is 0 Å². The van der Waals surface area contributed by atoms with Gasteiger partial charge in [-0.05, 0) is 13.0 Å². The second-order valence-corrected chi connectivity index (χ2v) is 1.52. The molecule has 0 heterocycles. The summed E-state index contributed by atoms with van der Waals surface area (Å²) in [5.74, 6) is -0.990. The Kier molecular flexibility index (Phi) is 14.8. The first kappa shape index (κ1) is 16.5. The molecule has 64 valence electrons. The van der Waals surface area contributed by atoms with Crippen molar-refractivity contribution in [2.45, 2.75) is 12.5 Å². The summed E-state index contributed by atoms with van der Waals surface area (Å²) in [6.07, 6.45) is 0.343. The van der Waals surface area contributed by atoms with E-state index in [9.17, 15) is 4.79 Å². The van der Waals surface area contributed by atoms with Crippen LogP contribution in [0.3, 0.4) is 0 Å². The van der Waals surface area contributed by atoms with Gasteiger partial charge in [0.25, 0.3) is 0 Å². The number of carboxylic acid groups (broad SMARTS) is 1. The van der Waals surface area contributed by atoms with E-state index in [0.29, 0.717) is 13.0 Å². The Morgan fingerprint density at radius 1 is 1.50 bits per heavy atom. The smallest absolute Gasteiger partial charge is 0.320 e. The molecular weight excluding hydrogens is 183 g/mol. The van der Waals surface area contributed by atoms with Crippen LogP contribution in [-0.2, 0) is 4.79 Å². The predicted molar refractivity (Wildman–Crippen MR) is 43.8 cm³/mol. The second-order valence-electron chi connectivity index (χ2n) is 1.52. The fraction of sp³-hybridized carbons (Fsp3) is 0.750. The zero-order valence-corrected chi connectivity index (χ0v) is 6.95. The van der Waals surface area contributed by atoms with Crippen LogP contribution in [0.15, 0.2) is 0 Å². The monoisotopic (exact) mass is 194 g/mol. The standard InChI is InChI=1S/C4H10N2O2.2ClH/c5-2-1-3(6)4(7)8;;/h3H,1-2,5-6H2,(H,7,8);2*1H/t3-;;/m0../s1/i1+1,2+1,3+1,4+1;;. The van der Waals surface area contributed by atoms with E-state index in [1.54, 1.807) is 0 Å². The van der Waals surface area contributed by atoms with E-state index < -0.39 is 12.0 Å². The van der Waals surface area contributed by atoms with Gasteiger partial charge in [0.15, 0.2) is 0 Å². The van der Waals surface area contributed by atoms with Gasteiger partial charge in [0, 0.05) is 0 Å². The van der Waals surface area contributed by atoms with Crippen LogP contribution in [0.4, 0.5) is 0 Å². The first-order valence-corrected chi connectivity index (χ1v) is 2.37. The van der Waals surface area contributed by atoms with E-state index in [1.807, 2.05) is 0 Å². The van der Waals surface area contributed by atoms with E-state index in [-0.39, 0.29) is 24.8 Å². The molecule has 1 atom stereocenters. The third-order valence-electron chi connectivity index (χ3n) is 0.795. The molecule has 0 saturated heterocycles. The van der Waals surface area contributed by atoms with Crippen LogP contribution >= 0.6 is 24.8 Å². The van der Waals surface area contributed by atoms with E-state index in [0.717, 1.165) is 0 Å². The molecule has 10 heavy (non-hydrogen) atoms. The van der Waals surface area contributed by atoms with Crippen LogP contribution in [0.5, 0.6) is 0 Å². The fourth-order valence-corrected chi connectivity index (χ4v) is 0.303. The SMILES string of the molecule is Cl.Cl.N[13CH2][13CH2][13C@H](N)[13C](=O)O. The van der Waals surface area contributed by atoms with Gasteiger partial charge in [0.1, 0.15) is 6.04 Å². The van der Waals surface area contributed by atoms with E-state index in [2.05, 4.69) is 0 Å². The number of halogens is 2. The average Bonchev–Trinajstić information content (AvgIpc) is 1.67. The third kappa shape index (κ3) is 7.97. The first-order valence-electron chi connectivity index (χ1n) is 2.37. The molecule has 0 rings (SSSR count). The minimum atomic E-state index is -0.990. The highest BCUT2D eigenvalue weighted by molar-refractivity contribution is 5.85. The van der Waals surface area contributed by atoms with Crippen molar-refractivity contribution in [3.63, 3.8) is 0 Å². The van der Waals surface area contributed by atoms with Crippen LogP contribution in [0.1, 0.15) is 6.42 Å². The molecule has 0 aromatic heterocycles. The lowest BCUT2D eigenvalue weighted by Crippen LogP contribution is -2.32. The Morgan fingerprint density at radius 3 is 2.00 bits per heavy atom. The first-order chi connectivity index (χ1) is 3.68. The molecule has 0 spiro atoms. The van der Waals surface area contributed by atoms with Gasteiger partial charge in [-0.3, -0.25) is 4.79 Å². The maximum absolute atomic E-state index is 9.91. The van der Waals surface area contributed by atoms with Crippen molar-refractivity contribution in [3.05, 3.63) is 0 Å². The zero-order valence-electron chi connectivity index (χ0n) is 5.32. The zero-order chi connectivity index (χ0) is 6.57. The second kappa shape index (κ2) is 8.97. The van der Waals surface area contributed by atoms with Crippen LogP contribution in [0, 0.1) is 0 Å². The van der Waals surface area contributed by atoms with Gasteiger partial charge in [-0.1, -0.05) is 0 Å². The molecule has 6 heteroatoms. The molecule has 0 aliphatic carbocycles. The maximum Gasteiger partial charge on any atom is 0.320 e. The maximum atomic E-state index is 9.91. The molecule has 0 aromatic carbocycles. The molecule has 0 aliphatic rings. The summed E-state index contributed by atoms with van der Waals surface area (Å²) in [6.45, 7) is 0.327. The summed E-state index contributed by atoms with van der Waals surface area (Å²) in [5.41, 5.74) is 10.1. The molecular formula is C4H12Cl2N2O2. The summed E-state index contributed by atoms with van der Waals surface area (Å²) in [7, 11) is 0. The normalized spacial score (nSPS) is 10.6. The van der Waals surface area contributed by atoms with Crippen molar-refractivity contribution >= 4 is 30.8 Å². The molecule has 0 aliphatic heterocycles. The van der Waals surface area contributed by atoms with Crippen molar-refractivity contribution in [2.24, 2.45) is 11.5 Å². The van der Waals surface area contributed by atoms with Crippen LogP contribution in [0.2, 0.25) is 0 Å². The summed E-state index contributed by atoms with van der Waals surface area (Å²) in [6, 6.07) is -0.792. The van der Waals surface area contributed by atoms with Crippen LogP contribution in [0.25, 0.3) is 0 Å². The molecule has 0 fully saturated rings. The predicted octanol–water partition coefficient (Wildman–Crippen LogP) is -0.409. The average molecular weight is 195 g/mol. The lowest BCUT2D eigenvalue weighted by Gasteiger charge is -2.00. The van der Waals surface area contributed by atoms with Gasteiger partial charge in [-0.15, -0.1) is 24.8 Å². The van der Waals surface area contributed by atoms with E-state index >= 15 is 0 Å². The lowest BCUT2D eigenvalue weighted by molar-refractivity contribution is -0.138. The minimum absolute atomic E-state index is 0. The van der Waals surface area contributed by atoms with Crippen molar-refractivity contribution in [1.82, 2.24) is 0 Å². The number of hydrogen-bond acceptors (Lipinski definition) is 3. The fourth-order valence-electron chi connectivity index (χ4n) is 0.303. The van der Waals surface area contributed by atoms with Gasteiger partial charge in [0.2, 0.25) is 0 Å². The van der Waals surface area contributed by atoms with E-state index in [4.69, 9.17) is 16.6 Å². The van der Waals surface area contributed by atoms with Crippen LogP contribution in [-0.4, -0.2) is 23.7 Å². The van der Waals surface area contributed by atoms with Gasteiger partial charge in [-0.2, -0.15) is 0 Å². The third-order valence-corrected chi connectivity index (χ3v) is 0.795. The topological polar surface area (TPSA) is 89.3 Å². The number of aliphatic carboxylic acids is 1. The Labute approximate surface area is 71.8 Å². The van der Waals surface area contributed by atoms with Gasteiger partial charge >= 0.3 is 5.97 Å². The highest BCUT2D eigenvalue weighted by Crippen LogP contribution is 1.82. The van der Waals surface area contributed by atoms with Crippen molar-refractivity contribution in [3.8, 4) is 0 Å².